The quantitative estimate of drug-likeness (QED) is 0.177. The van der Waals surface area contributed by atoms with Gasteiger partial charge in [-0.3, -0.25) is 0 Å². The summed E-state index contributed by atoms with van der Waals surface area (Å²) >= 11 is 3.90. The first-order valence-corrected chi connectivity index (χ1v) is 19.2. The molecule has 49 heavy (non-hydrogen) atoms. The maximum absolute atomic E-state index is 2.53. The standard InChI is InChI=1S/C46H35NS2/c1-2-12-31(13-3-1)36-19-9-20-39-40-22-11-24-42(46(40)49-44(36)39)47(41-23-10-21-38-37-17-6-7-25-43(37)48-45(38)41)33-28-26-32(27-29-33)35-18-8-15-30-14-4-5-16-34(30)35/h4-11,14-29,31H,1-3,12-13H2. The van der Waals surface area contributed by atoms with Crippen LogP contribution in [-0.4, -0.2) is 0 Å². The van der Waals surface area contributed by atoms with Crippen molar-refractivity contribution in [2.24, 2.45) is 0 Å². The van der Waals surface area contributed by atoms with Gasteiger partial charge in [-0.25, -0.2) is 0 Å². The molecule has 0 bridgehead atoms. The lowest BCUT2D eigenvalue weighted by molar-refractivity contribution is 0.446. The molecule has 1 nitrogen and oxygen atoms in total. The first-order chi connectivity index (χ1) is 24.3. The lowest BCUT2D eigenvalue weighted by atomic mass is 9.84. The van der Waals surface area contributed by atoms with Gasteiger partial charge in [0.2, 0.25) is 0 Å². The van der Waals surface area contributed by atoms with Gasteiger partial charge in [-0.2, -0.15) is 0 Å². The van der Waals surface area contributed by atoms with E-state index in [-0.39, 0.29) is 0 Å². The fourth-order valence-electron chi connectivity index (χ4n) is 8.32. The average molecular weight is 666 g/mol. The van der Waals surface area contributed by atoms with E-state index < -0.39 is 0 Å². The molecule has 1 aliphatic rings. The molecular weight excluding hydrogens is 631 g/mol. The molecule has 1 fully saturated rings. The topological polar surface area (TPSA) is 3.24 Å². The van der Waals surface area contributed by atoms with Gasteiger partial charge in [0.15, 0.2) is 0 Å². The summed E-state index contributed by atoms with van der Waals surface area (Å²) in [5, 5.41) is 7.96. The monoisotopic (exact) mass is 665 g/mol. The van der Waals surface area contributed by atoms with Crippen LogP contribution >= 0.6 is 22.7 Å². The zero-order valence-corrected chi connectivity index (χ0v) is 28.9. The molecular formula is C46H35NS2. The molecule has 0 saturated heterocycles. The second kappa shape index (κ2) is 11.9. The predicted octanol–water partition coefficient (Wildman–Crippen LogP) is 14.8. The Balaban J connectivity index is 1.20. The number of hydrogen-bond acceptors (Lipinski definition) is 3. The van der Waals surface area contributed by atoms with Crippen LogP contribution in [0.2, 0.25) is 0 Å². The Kier molecular flexibility index (Phi) is 7.03. The maximum atomic E-state index is 2.53. The van der Waals surface area contributed by atoms with Crippen molar-refractivity contribution in [2.75, 3.05) is 4.90 Å². The highest BCUT2D eigenvalue weighted by Gasteiger charge is 2.24. The van der Waals surface area contributed by atoms with E-state index in [1.54, 1.807) is 5.56 Å². The van der Waals surface area contributed by atoms with E-state index in [9.17, 15) is 0 Å². The summed E-state index contributed by atoms with van der Waals surface area (Å²) in [6.07, 6.45) is 6.69. The van der Waals surface area contributed by atoms with Gasteiger partial charge in [-0.1, -0.05) is 135 Å². The molecule has 7 aromatic carbocycles. The van der Waals surface area contributed by atoms with Crippen molar-refractivity contribution < 1.29 is 0 Å². The van der Waals surface area contributed by atoms with E-state index in [0.29, 0.717) is 5.92 Å². The molecule has 1 saturated carbocycles. The van der Waals surface area contributed by atoms with Gasteiger partial charge in [-0.15, -0.1) is 22.7 Å². The van der Waals surface area contributed by atoms with Gasteiger partial charge in [0.05, 0.1) is 20.8 Å². The molecule has 0 atom stereocenters. The molecule has 0 spiro atoms. The zero-order valence-electron chi connectivity index (χ0n) is 27.2. The normalized spacial score (nSPS) is 14.0. The third-order valence-electron chi connectivity index (χ3n) is 10.7. The summed E-state index contributed by atoms with van der Waals surface area (Å²) in [5.74, 6) is 0.666. The van der Waals surface area contributed by atoms with Crippen molar-refractivity contribution in [1.29, 1.82) is 0 Å². The number of rotatable bonds is 5. The summed E-state index contributed by atoms with van der Waals surface area (Å²) in [6, 6.07) is 54.2. The molecule has 10 rings (SSSR count). The third kappa shape index (κ3) is 4.79. The maximum Gasteiger partial charge on any atom is 0.0640 e. The minimum atomic E-state index is 0.666. The van der Waals surface area contributed by atoms with Crippen molar-refractivity contribution >= 4 is 90.9 Å². The van der Waals surface area contributed by atoms with Crippen LogP contribution in [0.15, 0.2) is 146 Å². The predicted molar refractivity (Wildman–Crippen MR) is 216 cm³/mol. The van der Waals surface area contributed by atoms with Crippen molar-refractivity contribution in [1.82, 2.24) is 0 Å². The van der Waals surface area contributed by atoms with E-state index >= 15 is 0 Å². The second-order valence-electron chi connectivity index (χ2n) is 13.5. The number of thiophene rings is 2. The average Bonchev–Trinajstić information content (AvgIpc) is 3.75. The minimum absolute atomic E-state index is 0.666. The highest BCUT2D eigenvalue weighted by Crippen LogP contribution is 2.50. The number of hydrogen-bond donors (Lipinski definition) is 0. The van der Waals surface area contributed by atoms with E-state index in [1.165, 1.54) is 111 Å². The molecule has 0 radical (unpaired) electrons. The van der Waals surface area contributed by atoms with Crippen molar-refractivity contribution in [3.05, 3.63) is 151 Å². The third-order valence-corrected chi connectivity index (χ3v) is 13.2. The molecule has 2 heterocycles. The van der Waals surface area contributed by atoms with E-state index in [0.717, 1.165) is 0 Å². The Hall–Kier alpha value is -4.96. The second-order valence-corrected chi connectivity index (χ2v) is 15.5. The number of benzene rings is 7. The van der Waals surface area contributed by atoms with Gasteiger partial charge in [0.25, 0.3) is 0 Å². The molecule has 236 valence electrons. The molecule has 3 heteroatoms. The van der Waals surface area contributed by atoms with Crippen LogP contribution in [0.4, 0.5) is 17.1 Å². The van der Waals surface area contributed by atoms with Gasteiger partial charge >= 0.3 is 0 Å². The lowest BCUT2D eigenvalue weighted by Crippen LogP contribution is -2.10. The van der Waals surface area contributed by atoms with E-state index in [4.69, 9.17) is 0 Å². The molecule has 1 aliphatic carbocycles. The Bertz CT molecular complexity index is 2650. The van der Waals surface area contributed by atoms with Crippen LogP contribution in [-0.2, 0) is 0 Å². The largest absolute Gasteiger partial charge is 0.308 e. The van der Waals surface area contributed by atoms with Crippen molar-refractivity contribution in [3.63, 3.8) is 0 Å². The summed E-state index contributed by atoms with van der Waals surface area (Å²) in [4.78, 5) is 2.53. The highest BCUT2D eigenvalue weighted by molar-refractivity contribution is 7.27. The van der Waals surface area contributed by atoms with Gasteiger partial charge in [0, 0.05) is 36.6 Å². The summed E-state index contributed by atoms with van der Waals surface area (Å²) in [7, 11) is 0. The lowest BCUT2D eigenvalue weighted by Gasteiger charge is -2.27. The Morgan fingerprint density at radius 1 is 0.449 bits per heavy atom. The summed E-state index contributed by atoms with van der Waals surface area (Å²) in [6.45, 7) is 0. The summed E-state index contributed by atoms with van der Waals surface area (Å²) < 4.78 is 5.48. The first-order valence-electron chi connectivity index (χ1n) is 17.5. The van der Waals surface area contributed by atoms with Crippen LogP contribution in [0, 0.1) is 0 Å². The molecule has 2 aromatic heterocycles. The van der Waals surface area contributed by atoms with Gasteiger partial charge < -0.3 is 4.90 Å². The van der Waals surface area contributed by atoms with Gasteiger partial charge in [0.1, 0.15) is 0 Å². The van der Waals surface area contributed by atoms with Crippen molar-refractivity contribution in [3.8, 4) is 11.1 Å². The van der Waals surface area contributed by atoms with Crippen LogP contribution in [0.25, 0.3) is 62.2 Å². The van der Waals surface area contributed by atoms with Crippen LogP contribution in [0.1, 0.15) is 43.6 Å². The molecule has 0 N–H and O–H groups in total. The van der Waals surface area contributed by atoms with Crippen LogP contribution < -0.4 is 4.90 Å². The minimum Gasteiger partial charge on any atom is -0.308 e. The number of fused-ring (bicyclic) bond motifs is 7. The van der Waals surface area contributed by atoms with Crippen LogP contribution in [0.3, 0.4) is 0 Å². The van der Waals surface area contributed by atoms with Crippen LogP contribution in [0.5, 0.6) is 0 Å². The fraction of sp³-hybridized carbons (Fsp3) is 0.130. The summed E-state index contributed by atoms with van der Waals surface area (Å²) in [5.41, 5.74) is 7.71. The Morgan fingerprint density at radius 2 is 1.04 bits per heavy atom. The van der Waals surface area contributed by atoms with E-state index in [1.807, 2.05) is 22.7 Å². The Morgan fingerprint density at radius 3 is 1.84 bits per heavy atom. The molecule has 0 aliphatic heterocycles. The first kappa shape index (κ1) is 29.0. The van der Waals surface area contributed by atoms with E-state index in [2.05, 4.69) is 150 Å². The van der Waals surface area contributed by atoms with Gasteiger partial charge in [-0.05, 0) is 76.6 Å². The molecule has 0 unspecified atom stereocenters. The fourth-order valence-corrected chi connectivity index (χ4v) is 10.9. The van der Waals surface area contributed by atoms with Crippen molar-refractivity contribution in [2.45, 2.75) is 38.0 Å². The Labute approximate surface area is 294 Å². The smallest absolute Gasteiger partial charge is 0.0640 e. The number of anilines is 3. The highest BCUT2D eigenvalue weighted by atomic mass is 32.1. The number of nitrogens with zero attached hydrogens (tertiary/aromatic N) is 1. The zero-order chi connectivity index (χ0) is 32.3. The SMILES string of the molecule is c1ccc2c(-c3ccc(N(c4cccc5c4sc4ccccc45)c4cccc5c4sc4c(C6CCCCC6)cccc45)cc3)cccc2c1. The molecule has 9 aromatic rings. The molecule has 0 amide bonds.